The van der Waals surface area contributed by atoms with Crippen LogP contribution in [0.4, 0.5) is 0 Å². The monoisotopic (exact) mass is 298 g/mol. The molecule has 0 aromatic rings. The fourth-order valence-corrected chi connectivity index (χ4v) is 5.31. The van der Waals surface area contributed by atoms with E-state index in [1.807, 2.05) is 6.92 Å². The first-order valence-electron chi connectivity index (χ1n) is 8.20. The predicted octanol–water partition coefficient (Wildman–Crippen LogP) is 2.63. The molecule has 2 N–H and O–H groups in total. The number of carbonyl (C=O) groups excluding carboxylic acids is 1. The number of rotatable bonds is 4. The van der Waals surface area contributed by atoms with Gasteiger partial charge in [0.25, 0.3) is 0 Å². The summed E-state index contributed by atoms with van der Waals surface area (Å²) in [6.45, 7) is 2.02. The van der Waals surface area contributed by atoms with Crippen LogP contribution >= 0.6 is 12.4 Å². The molecule has 1 amide bonds. The quantitative estimate of drug-likeness (QED) is 0.838. The Labute approximate surface area is 128 Å². The first-order chi connectivity index (χ1) is 9.12. The number of carbonyl (C=O) groups is 1. The maximum atomic E-state index is 12.4. The van der Waals surface area contributed by atoms with Crippen LogP contribution in [0, 0.1) is 17.8 Å². The molecule has 20 heavy (non-hydrogen) atoms. The summed E-state index contributed by atoms with van der Waals surface area (Å²) in [4.78, 5) is 12.4. The highest BCUT2D eigenvalue weighted by Gasteiger charge is 2.51. The lowest BCUT2D eigenvalue weighted by Gasteiger charge is -2.57. The topological polar surface area (TPSA) is 41.1 Å². The van der Waals surface area contributed by atoms with Gasteiger partial charge >= 0.3 is 0 Å². The van der Waals surface area contributed by atoms with Crippen molar-refractivity contribution < 1.29 is 4.79 Å². The third-order valence-electron chi connectivity index (χ3n) is 5.88. The van der Waals surface area contributed by atoms with Crippen molar-refractivity contribution >= 4 is 18.3 Å². The van der Waals surface area contributed by atoms with Gasteiger partial charge in [-0.1, -0.05) is 0 Å². The second kappa shape index (κ2) is 5.17. The van der Waals surface area contributed by atoms with E-state index in [2.05, 4.69) is 10.6 Å². The van der Waals surface area contributed by atoms with Gasteiger partial charge in [0.2, 0.25) is 5.91 Å². The van der Waals surface area contributed by atoms with Crippen molar-refractivity contribution in [2.24, 2.45) is 17.8 Å². The van der Waals surface area contributed by atoms with Crippen LogP contribution in [0.3, 0.4) is 0 Å². The third-order valence-corrected chi connectivity index (χ3v) is 5.88. The first kappa shape index (κ1) is 14.6. The van der Waals surface area contributed by atoms with Crippen LogP contribution in [0.5, 0.6) is 0 Å². The van der Waals surface area contributed by atoms with Crippen LogP contribution in [-0.4, -0.2) is 23.5 Å². The molecule has 0 heterocycles. The molecule has 5 saturated carbocycles. The van der Waals surface area contributed by atoms with E-state index in [4.69, 9.17) is 0 Å². The molecule has 0 aromatic carbocycles. The predicted molar refractivity (Wildman–Crippen MR) is 81.9 cm³/mol. The molecule has 4 bridgehead atoms. The van der Waals surface area contributed by atoms with Gasteiger partial charge in [-0.15, -0.1) is 12.4 Å². The minimum Gasteiger partial charge on any atom is -0.349 e. The fourth-order valence-electron chi connectivity index (χ4n) is 5.31. The summed E-state index contributed by atoms with van der Waals surface area (Å²) in [7, 11) is 0. The van der Waals surface area contributed by atoms with Crippen molar-refractivity contribution in [1.29, 1.82) is 0 Å². The van der Waals surface area contributed by atoms with Gasteiger partial charge in [0.15, 0.2) is 0 Å². The summed E-state index contributed by atoms with van der Waals surface area (Å²) in [6, 6.07) is 0.595. The third kappa shape index (κ3) is 2.71. The molecule has 0 spiro atoms. The van der Waals surface area contributed by atoms with Crippen LogP contribution in [0.1, 0.15) is 58.3 Å². The molecule has 5 rings (SSSR count). The van der Waals surface area contributed by atoms with Crippen molar-refractivity contribution in [2.75, 3.05) is 0 Å². The molecule has 114 valence electrons. The molecule has 1 unspecified atom stereocenters. The fraction of sp³-hybridized carbons (Fsp3) is 0.938. The van der Waals surface area contributed by atoms with Crippen LogP contribution in [0.15, 0.2) is 0 Å². The molecule has 0 saturated heterocycles. The highest BCUT2D eigenvalue weighted by atomic mass is 35.5. The summed E-state index contributed by atoms with van der Waals surface area (Å²) >= 11 is 0. The minimum atomic E-state index is -0.0134. The van der Waals surface area contributed by atoms with Gasteiger partial charge in [-0.3, -0.25) is 4.79 Å². The van der Waals surface area contributed by atoms with E-state index in [0.717, 1.165) is 17.8 Å². The average Bonchev–Trinajstić information content (AvgIpc) is 3.10. The zero-order valence-electron chi connectivity index (χ0n) is 12.4. The van der Waals surface area contributed by atoms with E-state index >= 15 is 0 Å². The van der Waals surface area contributed by atoms with Crippen LogP contribution in [-0.2, 0) is 4.79 Å². The highest BCUT2D eigenvalue weighted by Crippen LogP contribution is 2.55. The molecule has 5 aliphatic carbocycles. The number of halogens is 1. The highest BCUT2D eigenvalue weighted by molar-refractivity contribution is 5.85. The Kier molecular flexibility index (Phi) is 3.79. The van der Waals surface area contributed by atoms with Gasteiger partial charge in [0.1, 0.15) is 0 Å². The smallest absolute Gasteiger partial charge is 0.237 e. The lowest BCUT2D eigenvalue weighted by Crippen LogP contribution is -2.62. The van der Waals surface area contributed by atoms with E-state index in [1.165, 1.54) is 51.4 Å². The van der Waals surface area contributed by atoms with Gasteiger partial charge in [-0.2, -0.15) is 0 Å². The molecule has 5 fully saturated rings. The summed E-state index contributed by atoms with van der Waals surface area (Å²) in [5.41, 5.74) is 0.172. The Hall–Kier alpha value is -0.280. The van der Waals surface area contributed by atoms with Crippen molar-refractivity contribution in [2.45, 2.75) is 75.9 Å². The van der Waals surface area contributed by atoms with Crippen molar-refractivity contribution in [3.63, 3.8) is 0 Å². The Balaban J connectivity index is 0.00000121. The lowest BCUT2D eigenvalue weighted by molar-refractivity contribution is -0.128. The van der Waals surface area contributed by atoms with Gasteiger partial charge in [-0.05, 0) is 76.0 Å². The Morgan fingerprint density at radius 3 is 2.00 bits per heavy atom. The van der Waals surface area contributed by atoms with E-state index in [1.54, 1.807) is 0 Å². The van der Waals surface area contributed by atoms with Gasteiger partial charge in [-0.25, -0.2) is 0 Å². The van der Waals surface area contributed by atoms with Gasteiger partial charge < -0.3 is 10.6 Å². The molecule has 5 aliphatic rings. The largest absolute Gasteiger partial charge is 0.349 e. The normalized spacial score (nSPS) is 43.0. The molecule has 4 heteroatoms. The van der Waals surface area contributed by atoms with Crippen molar-refractivity contribution in [1.82, 2.24) is 10.6 Å². The maximum Gasteiger partial charge on any atom is 0.237 e. The van der Waals surface area contributed by atoms with E-state index in [-0.39, 0.29) is 29.9 Å². The van der Waals surface area contributed by atoms with Gasteiger partial charge in [0, 0.05) is 11.6 Å². The van der Waals surface area contributed by atoms with Crippen LogP contribution in [0.25, 0.3) is 0 Å². The molecule has 0 radical (unpaired) electrons. The maximum absolute atomic E-state index is 12.4. The van der Waals surface area contributed by atoms with Crippen molar-refractivity contribution in [3.05, 3.63) is 0 Å². The Morgan fingerprint density at radius 1 is 1.05 bits per heavy atom. The molecule has 3 nitrogen and oxygen atoms in total. The first-order valence-corrected chi connectivity index (χ1v) is 8.20. The van der Waals surface area contributed by atoms with E-state index in [9.17, 15) is 4.79 Å². The minimum absolute atomic E-state index is 0. The zero-order chi connectivity index (χ0) is 13.0. The molecule has 0 aromatic heterocycles. The Morgan fingerprint density at radius 2 is 1.55 bits per heavy atom. The number of hydrogen-bond donors (Lipinski definition) is 2. The summed E-state index contributed by atoms with van der Waals surface area (Å²) in [5.74, 6) is 2.95. The van der Waals surface area contributed by atoms with Crippen LogP contribution < -0.4 is 10.6 Å². The average molecular weight is 299 g/mol. The number of nitrogens with one attached hydrogen (secondary N) is 2. The summed E-state index contributed by atoms with van der Waals surface area (Å²) in [6.07, 6.45) is 10.5. The number of hydrogen-bond acceptors (Lipinski definition) is 2. The van der Waals surface area contributed by atoms with Gasteiger partial charge in [0.05, 0.1) is 6.04 Å². The second-order valence-electron chi connectivity index (χ2n) is 7.85. The Bertz CT molecular complexity index is 359. The summed E-state index contributed by atoms with van der Waals surface area (Å²) < 4.78 is 0. The molecular weight excluding hydrogens is 272 g/mol. The lowest BCUT2D eigenvalue weighted by atomic mass is 9.53. The molecule has 0 aliphatic heterocycles. The zero-order valence-corrected chi connectivity index (χ0v) is 13.2. The standard InChI is InChI=1S/C16H26N2O.ClH/c1-10(17-14-2-3-14)15(19)18-16-7-11-4-12(8-16)6-13(5-11)9-16;/h10-14,17H,2-9H2,1H3,(H,18,19);1H. The van der Waals surface area contributed by atoms with Crippen LogP contribution in [0.2, 0.25) is 0 Å². The molecular formula is C16H27ClN2O. The summed E-state index contributed by atoms with van der Waals surface area (Å²) in [5, 5.41) is 6.88. The van der Waals surface area contributed by atoms with Crippen molar-refractivity contribution in [3.8, 4) is 0 Å². The van der Waals surface area contributed by atoms with E-state index in [0.29, 0.717) is 6.04 Å². The number of amides is 1. The second-order valence-corrected chi connectivity index (χ2v) is 7.85. The SMILES string of the molecule is CC(NC1CC1)C(=O)NC12CC3CC(CC(C3)C1)C2.Cl. The van der Waals surface area contributed by atoms with E-state index < -0.39 is 0 Å². The molecule has 1 atom stereocenters.